The van der Waals surface area contributed by atoms with Gasteiger partial charge < -0.3 is 15.0 Å². The largest absolute Gasteiger partial charge is 0.492 e. The fourth-order valence-electron chi connectivity index (χ4n) is 3.27. The van der Waals surface area contributed by atoms with Crippen LogP contribution in [0, 0.1) is 0 Å². The molecule has 0 aliphatic carbocycles. The normalized spacial score (nSPS) is 15.6. The Balaban J connectivity index is 1.34. The number of benzene rings is 1. The number of guanidine groups is 1. The second-order valence-electron chi connectivity index (χ2n) is 7.05. The average Bonchev–Trinajstić information content (AvgIpc) is 2.81. The van der Waals surface area contributed by atoms with Crippen LogP contribution in [0.15, 0.2) is 64.7 Å². The van der Waals surface area contributed by atoms with Gasteiger partial charge in [-0.1, -0.05) is 18.2 Å². The van der Waals surface area contributed by atoms with Crippen molar-refractivity contribution < 1.29 is 13.2 Å². The number of aliphatic imine (C=N–C) groups is 1. The number of nitrogens with one attached hydrogen (secondary N) is 2. The Kier molecular flexibility index (Phi) is 8.63. The van der Waals surface area contributed by atoms with Gasteiger partial charge in [0.2, 0.25) is 10.0 Å². The zero-order chi connectivity index (χ0) is 21.9. The van der Waals surface area contributed by atoms with E-state index in [4.69, 9.17) is 4.74 Å². The van der Waals surface area contributed by atoms with Crippen LogP contribution < -0.4 is 14.8 Å². The molecule has 168 valence electrons. The van der Waals surface area contributed by atoms with Crippen LogP contribution in [0.3, 0.4) is 0 Å². The van der Waals surface area contributed by atoms with Crippen LogP contribution >= 0.6 is 0 Å². The standard InChI is InChI=1S/C21H30N6O3S/c1-22-21(24-10-11-25-31(28,29)20-8-5-9-23-18-20)27-14-12-26(13-15-27)16-17-30-19-6-3-2-4-7-19/h2-9,18,25H,10-17H2,1H3,(H,22,24). The summed E-state index contributed by atoms with van der Waals surface area (Å²) in [4.78, 5) is 12.9. The van der Waals surface area contributed by atoms with Crippen molar-refractivity contribution in [2.75, 3.05) is 59.5 Å². The smallest absolute Gasteiger partial charge is 0.242 e. The zero-order valence-electron chi connectivity index (χ0n) is 17.8. The van der Waals surface area contributed by atoms with E-state index in [0.717, 1.165) is 44.4 Å². The van der Waals surface area contributed by atoms with E-state index in [1.807, 2.05) is 30.3 Å². The van der Waals surface area contributed by atoms with E-state index in [-0.39, 0.29) is 11.4 Å². The fraction of sp³-hybridized carbons (Fsp3) is 0.429. The number of sulfonamides is 1. The summed E-state index contributed by atoms with van der Waals surface area (Å²) >= 11 is 0. The SMILES string of the molecule is CN=C(NCCNS(=O)(=O)c1cccnc1)N1CCN(CCOc2ccccc2)CC1. The minimum atomic E-state index is -3.55. The van der Waals surface area contributed by atoms with Gasteiger partial charge in [0.25, 0.3) is 0 Å². The maximum atomic E-state index is 12.2. The van der Waals surface area contributed by atoms with E-state index < -0.39 is 10.0 Å². The van der Waals surface area contributed by atoms with Crippen LogP contribution in [-0.2, 0) is 10.0 Å². The number of piperazine rings is 1. The lowest BCUT2D eigenvalue weighted by atomic mass is 10.3. The molecular formula is C21H30N6O3S. The van der Waals surface area contributed by atoms with Crippen molar-refractivity contribution in [1.29, 1.82) is 0 Å². The van der Waals surface area contributed by atoms with Gasteiger partial charge >= 0.3 is 0 Å². The summed E-state index contributed by atoms with van der Waals surface area (Å²) in [6, 6.07) is 13.0. The van der Waals surface area contributed by atoms with Gasteiger partial charge in [0.05, 0.1) is 0 Å². The summed E-state index contributed by atoms with van der Waals surface area (Å²) in [6.45, 7) is 5.79. The van der Waals surface area contributed by atoms with Gasteiger partial charge in [-0.25, -0.2) is 13.1 Å². The molecule has 0 bridgehead atoms. The van der Waals surface area contributed by atoms with Crippen LogP contribution in [0.2, 0.25) is 0 Å². The topological polar surface area (TPSA) is 99.2 Å². The highest BCUT2D eigenvalue weighted by atomic mass is 32.2. The van der Waals surface area contributed by atoms with Crippen LogP contribution in [0.1, 0.15) is 0 Å². The zero-order valence-corrected chi connectivity index (χ0v) is 18.6. The van der Waals surface area contributed by atoms with E-state index in [0.29, 0.717) is 13.2 Å². The Hall–Kier alpha value is -2.69. The summed E-state index contributed by atoms with van der Waals surface area (Å²) < 4.78 is 32.8. The highest BCUT2D eigenvalue weighted by molar-refractivity contribution is 7.89. The van der Waals surface area contributed by atoms with Gasteiger partial charge in [-0.3, -0.25) is 14.9 Å². The first-order chi connectivity index (χ1) is 15.1. The number of pyridine rings is 1. The first kappa shape index (κ1) is 23.0. The van der Waals surface area contributed by atoms with Gasteiger partial charge in [0.1, 0.15) is 17.3 Å². The summed E-state index contributed by atoms with van der Waals surface area (Å²) in [5, 5.41) is 3.23. The van der Waals surface area contributed by atoms with Crippen molar-refractivity contribution in [3.8, 4) is 5.75 Å². The monoisotopic (exact) mass is 446 g/mol. The van der Waals surface area contributed by atoms with Crippen LogP contribution in [0.5, 0.6) is 5.75 Å². The third kappa shape index (κ3) is 7.20. The van der Waals surface area contributed by atoms with Crippen molar-refractivity contribution in [3.63, 3.8) is 0 Å². The molecular weight excluding hydrogens is 416 g/mol. The van der Waals surface area contributed by atoms with Crippen LogP contribution in [-0.4, -0.2) is 88.6 Å². The molecule has 10 heteroatoms. The molecule has 1 saturated heterocycles. The van der Waals surface area contributed by atoms with Crippen molar-refractivity contribution in [2.24, 2.45) is 4.99 Å². The predicted molar refractivity (Wildman–Crippen MR) is 121 cm³/mol. The Bertz CT molecular complexity index is 917. The van der Waals surface area contributed by atoms with Gasteiger partial charge in [-0.05, 0) is 24.3 Å². The van der Waals surface area contributed by atoms with Crippen molar-refractivity contribution >= 4 is 16.0 Å². The molecule has 1 fully saturated rings. The van der Waals surface area contributed by atoms with E-state index >= 15 is 0 Å². The third-order valence-corrected chi connectivity index (χ3v) is 6.39. The Morgan fingerprint density at radius 3 is 2.55 bits per heavy atom. The van der Waals surface area contributed by atoms with Gasteiger partial charge in [-0.2, -0.15) is 0 Å². The van der Waals surface area contributed by atoms with Gasteiger partial charge in [-0.15, -0.1) is 0 Å². The third-order valence-electron chi connectivity index (χ3n) is 4.95. The average molecular weight is 447 g/mol. The predicted octanol–water partition coefficient (Wildman–Crippen LogP) is 0.632. The molecule has 0 spiro atoms. The van der Waals surface area contributed by atoms with Gasteiger partial charge in [0.15, 0.2) is 5.96 Å². The minimum absolute atomic E-state index is 0.159. The number of para-hydroxylation sites is 1. The first-order valence-electron chi connectivity index (χ1n) is 10.3. The summed E-state index contributed by atoms with van der Waals surface area (Å²) in [5.41, 5.74) is 0. The van der Waals surface area contributed by atoms with Crippen LogP contribution in [0.4, 0.5) is 0 Å². The number of ether oxygens (including phenoxy) is 1. The second-order valence-corrected chi connectivity index (χ2v) is 8.82. The molecule has 2 heterocycles. The number of aromatic nitrogens is 1. The van der Waals surface area contributed by atoms with Gasteiger partial charge in [0, 0.05) is 65.3 Å². The molecule has 2 N–H and O–H groups in total. The summed E-state index contributed by atoms with van der Waals surface area (Å²) in [6.07, 6.45) is 2.87. The molecule has 1 aromatic heterocycles. The molecule has 0 unspecified atom stereocenters. The maximum absolute atomic E-state index is 12.2. The van der Waals surface area contributed by atoms with Crippen LogP contribution in [0.25, 0.3) is 0 Å². The summed E-state index contributed by atoms with van der Waals surface area (Å²) in [7, 11) is -1.81. The molecule has 2 aromatic rings. The highest BCUT2D eigenvalue weighted by Crippen LogP contribution is 2.09. The summed E-state index contributed by atoms with van der Waals surface area (Å²) in [5.74, 6) is 1.67. The van der Waals surface area contributed by atoms with E-state index in [1.54, 1.807) is 19.3 Å². The molecule has 9 nitrogen and oxygen atoms in total. The lowest BCUT2D eigenvalue weighted by Gasteiger charge is -2.36. The van der Waals surface area contributed by atoms with Crippen molar-refractivity contribution in [1.82, 2.24) is 24.8 Å². The molecule has 1 aliphatic heterocycles. The quantitative estimate of drug-likeness (QED) is 0.331. The lowest BCUT2D eigenvalue weighted by molar-refractivity contribution is 0.152. The molecule has 31 heavy (non-hydrogen) atoms. The highest BCUT2D eigenvalue weighted by Gasteiger charge is 2.19. The molecule has 0 atom stereocenters. The molecule has 3 rings (SSSR count). The van der Waals surface area contributed by atoms with E-state index in [2.05, 4.69) is 29.8 Å². The van der Waals surface area contributed by atoms with Crippen molar-refractivity contribution in [2.45, 2.75) is 4.90 Å². The number of hydrogen-bond donors (Lipinski definition) is 2. The van der Waals surface area contributed by atoms with E-state index in [1.165, 1.54) is 12.3 Å². The minimum Gasteiger partial charge on any atom is -0.492 e. The van der Waals surface area contributed by atoms with Crippen molar-refractivity contribution in [3.05, 3.63) is 54.9 Å². The van der Waals surface area contributed by atoms with E-state index in [9.17, 15) is 8.42 Å². The molecule has 0 amide bonds. The lowest BCUT2D eigenvalue weighted by Crippen LogP contribution is -2.53. The molecule has 0 saturated carbocycles. The second kappa shape index (κ2) is 11.6. The maximum Gasteiger partial charge on any atom is 0.242 e. The molecule has 1 aromatic carbocycles. The Morgan fingerprint density at radius 1 is 1.10 bits per heavy atom. The fourth-order valence-corrected chi connectivity index (χ4v) is 4.27. The Morgan fingerprint density at radius 2 is 1.87 bits per heavy atom. The Labute approximate surface area is 184 Å². The number of hydrogen-bond acceptors (Lipinski definition) is 6. The first-order valence-corrected chi connectivity index (χ1v) is 11.8. The molecule has 1 aliphatic rings. The number of nitrogens with zero attached hydrogens (tertiary/aromatic N) is 4. The number of rotatable bonds is 9. The molecule has 0 radical (unpaired) electrons.